The van der Waals surface area contributed by atoms with E-state index in [1.54, 1.807) is 24.3 Å². The topological polar surface area (TPSA) is 135 Å². The molecule has 30 heavy (non-hydrogen) atoms. The van der Waals surface area contributed by atoms with Crippen molar-refractivity contribution in [3.63, 3.8) is 0 Å². The van der Waals surface area contributed by atoms with Crippen LogP contribution in [0.2, 0.25) is 0 Å². The highest BCUT2D eigenvalue weighted by Gasteiger charge is 2.15. The second-order valence-corrected chi connectivity index (χ2v) is 7.77. The molecule has 0 saturated heterocycles. The highest BCUT2D eigenvalue weighted by molar-refractivity contribution is 7.89. The number of para-hydroxylation sites is 1. The summed E-state index contributed by atoms with van der Waals surface area (Å²) < 4.78 is 36.6. The van der Waals surface area contributed by atoms with Crippen molar-refractivity contribution >= 4 is 27.6 Å². The summed E-state index contributed by atoms with van der Waals surface area (Å²) in [5, 5.41) is 11.6. The van der Waals surface area contributed by atoms with Crippen molar-refractivity contribution in [2.75, 3.05) is 25.6 Å². The molecule has 0 fully saturated rings. The van der Waals surface area contributed by atoms with Crippen LogP contribution in [0, 0.1) is 11.3 Å². The Morgan fingerprint density at radius 1 is 1.07 bits per heavy atom. The molecule has 0 radical (unpaired) electrons. The summed E-state index contributed by atoms with van der Waals surface area (Å²) in [5.74, 6) is -0.527. The molecule has 0 aliphatic carbocycles. The number of nitriles is 1. The fourth-order valence-corrected chi connectivity index (χ4v) is 3.39. The maximum Gasteiger partial charge on any atom is 0.307 e. The van der Waals surface area contributed by atoms with Crippen molar-refractivity contribution < 1.29 is 27.5 Å². The Balaban J connectivity index is 1.70. The number of anilines is 1. The average molecular weight is 431 g/mol. The Labute approximate surface area is 174 Å². The second-order valence-electron chi connectivity index (χ2n) is 6.00. The Kier molecular flexibility index (Phi) is 8.34. The van der Waals surface area contributed by atoms with Gasteiger partial charge >= 0.3 is 5.97 Å². The van der Waals surface area contributed by atoms with Gasteiger partial charge in [-0.3, -0.25) is 9.59 Å². The van der Waals surface area contributed by atoms with Gasteiger partial charge in [0.25, 0.3) is 0 Å². The van der Waals surface area contributed by atoms with E-state index < -0.39 is 21.9 Å². The molecule has 0 atom stereocenters. The number of nitrogens with one attached hydrogen (secondary N) is 2. The highest BCUT2D eigenvalue weighted by atomic mass is 32.2. The Hall–Kier alpha value is -3.42. The largest absolute Gasteiger partial charge is 0.497 e. The van der Waals surface area contributed by atoms with Gasteiger partial charge in [-0.15, -0.1) is 0 Å². The first-order valence-electron chi connectivity index (χ1n) is 8.94. The van der Waals surface area contributed by atoms with Crippen molar-refractivity contribution in [2.24, 2.45) is 0 Å². The number of methoxy groups -OCH3 is 1. The van der Waals surface area contributed by atoms with Crippen molar-refractivity contribution in [3.05, 3.63) is 54.1 Å². The summed E-state index contributed by atoms with van der Waals surface area (Å²) in [7, 11) is -2.29. The lowest BCUT2D eigenvalue weighted by Gasteiger charge is -2.09. The number of amides is 1. The number of carbonyl (C=O) groups excluding carboxylic acids is 2. The molecule has 0 bridgehead atoms. The van der Waals surface area contributed by atoms with Crippen LogP contribution in [0.3, 0.4) is 0 Å². The van der Waals surface area contributed by atoms with E-state index in [0.29, 0.717) is 17.0 Å². The number of ether oxygens (including phenoxy) is 2. The number of esters is 1. The molecular weight excluding hydrogens is 410 g/mol. The summed E-state index contributed by atoms with van der Waals surface area (Å²) in [6, 6.07) is 14.3. The first kappa shape index (κ1) is 22.9. The van der Waals surface area contributed by atoms with Gasteiger partial charge in [-0.05, 0) is 36.4 Å². The molecule has 0 aliphatic rings. The molecule has 2 rings (SSSR count). The van der Waals surface area contributed by atoms with E-state index in [4.69, 9.17) is 14.7 Å². The Morgan fingerprint density at radius 3 is 2.43 bits per heavy atom. The zero-order valence-corrected chi connectivity index (χ0v) is 17.1. The lowest BCUT2D eigenvalue weighted by atomic mass is 10.2. The van der Waals surface area contributed by atoms with Crippen LogP contribution in [0.1, 0.15) is 18.4 Å². The molecule has 10 heteroatoms. The lowest BCUT2D eigenvalue weighted by Crippen LogP contribution is -2.27. The molecular formula is C20H21N3O6S. The van der Waals surface area contributed by atoms with Crippen LogP contribution in [-0.2, 0) is 24.3 Å². The molecule has 0 aliphatic heterocycles. The number of carbonyl (C=O) groups is 2. The van der Waals surface area contributed by atoms with Crippen molar-refractivity contribution in [3.8, 4) is 11.8 Å². The zero-order chi connectivity index (χ0) is 22.0. The molecule has 158 valence electrons. The third-order valence-electron chi connectivity index (χ3n) is 3.90. The fourth-order valence-electron chi connectivity index (χ4n) is 2.36. The molecule has 0 aromatic heterocycles. The standard InChI is InChI=1S/C20H21N3O6S/c1-28-16-6-8-17(9-7-16)30(26,27)22-12-10-20(25)29-13-11-19(24)23-18-5-3-2-4-15(18)14-21/h2-9,22H,10-13H2,1H3,(H,23,24). The van der Waals surface area contributed by atoms with Crippen LogP contribution < -0.4 is 14.8 Å². The summed E-state index contributed by atoms with van der Waals surface area (Å²) in [4.78, 5) is 23.7. The normalized spacial score (nSPS) is 10.7. The molecule has 0 saturated carbocycles. The third-order valence-corrected chi connectivity index (χ3v) is 5.38. The van der Waals surface area contributed by atoms with Gasteiger partial charge in [-0.2, -0.15) is 5.26 Å². The van der Waals surface area contributed by atoms with E-state index in [1.807, 2.05) is 6.07 Å². The maximum atomic E-state index is 12.2. The maximum absolute atomic E-state index is 12.2. The SMILES string of the molecule is COc1ccc(S(=O)(=O)NCCC(=O)OCCC(=O)Nc2ccccc2C#N)cc1. The molecule has 0 spiro atoms. The van der Waals surface area contributed by atoms with E-state index >= 15 is 0 Å². The lowest BCUT2D eigenvalue weighted by molar-refractivity contribution is -0.143. The molecule has 2 aromatic carbocycles. The minimum atomic E-state index is -3.76. The number of benzene rings is 2. The number of rotatable bonds is 10. The van der Waals surface area contributed by atoms with Crippen LogP contribution in [0.25, 0.3) is 0 Å². The third kappa shape index (κ3) is 6.88. The Bertz CT molecular complexity index is 1030. The van der Waals surface area contributed by atoms with Gasteiger partial charge in [0, 0.05) is 6.54 Å². The highest BCUT2D eigenvalue weighted by Crippen LogP contribution is 2.15. The molecule has 1 amide bonds. The van der Waals surface area contributed by atoms with E-state index in [0.717, 1.165) is 0 Å². The second kappa shape index (κ2) is 10.9. The number of hydrogen-bond acceptors (Lipinski definition) is 7. The van der Waals surface area contributed by atoms with Crippen LogP contribution in [0.15, 0.2) is 53.4 Å². The minimum absolute atomic E-state index is 0.0472. The monoisotopic (exact) mass is 431 g/mol. The summed E-state index contributed by atoms with van der Waals surface area (Å²) >= 11 is 0. The van der Waals surface area contributed by atoms with E-state index in [1.165, 1.54) is 31.4 Å². The summed E-state index contributed by atoms with van der Waals surface area (Å²) in [6.07, 6.45) is -0.280. The van der Waals surface area contributed by atoms with Crippen LogP contribution in [0.4, 0.5) is 5.69 Å². The van der Waals surface area contributed by atoms with Crippen molar-refractivity contribution in [1.29, 1.82) is 5.26 Å². The smallest absolute Gasteiger partial charge is 0.307 e. The van der Waals surface area contributed by atoms with Crippen LogP contribution in [0.5, 0.6) is 5.75 Å². The number of nitrogens with zero attached hydrogens (tertiary/aromatic N) is 1. The Morgan fingerprint density at radius 2 is 1.77 bits per heavy atom. The van der Waals surface area contributed by atoms with Crippen molar-refractivity contribution in [2.45, 2.75) is 17.7 Å². The summed E-state index contributed by atoms with van der Waals surface area (Å²) in [5.41, 5.74) is 0.705. The number of sulfonamides is 1. The van der Waals surface area contributed by atoms with Gasteiger partial charge in [-0.1, -0.05) is 12.1 Å². The zero-order valence-electron chi connectivity index (χ0n) is 16.3. The summed E-state index contributed by atoms with van der Waals surface area (Å²) in [6.45, 7) is -0.306. The average Bonchev–Trinajstić information content (AvgIpc) is 2.74. The predicted octanol–water partition coefficient (Wildman–Crippen LogP) is 1.81. The van der Waals surface area contributed by atoms with Gasteiger partial charge in [0.2, 0.25) is 15.9 Å². The van der Waals surface area contributed by atoms with E-state index in [2.05, 4.69) is 10.0 Å². The molecule has 0 unspecified atom stereocenters. The first-order valence-corrected chi connectivity index (χ1v) is 10.4. The molecule has 2 aromatic rings. The number of hydrogen-bond donors (Lipinski definition) is 2. The fraction of sp³-hybridized carbons (Fsp3) is 0.250. The van der Waals surface area contributed by atoms with Gasteiger partial charge in [0.1, 0.15) is 18.4 Å². The van der Waals surface area contributed by atoms with Gasteiger partial charge < -0.3 is 14.8 Å². The minimum Gasteiger partial charge on any atom is -0.497 e. The van der Waals surface area contributed by atoms with Gasteiger partial charge in [-0.25, -0.2) is 13.1 Å². The van der Waals surface area contributed by atoms with Gasteiger partial charge in [0.15, 0.2) is 0 Å². The predicted molar refractivity (Wildman–Crippen MR) is 108 cm³/mol. The van der Waals surface area contributed by atoms with Crippen molar-refractivity contribution in [1.82, 2.24) is 4.72 Å². The first-order chi connectivity index (χ1) is 14.4. The molecule has 2 N–H and O–H groups in total. The molecule has 9 nitrogen and oxygen atoms in total. The van der Waals surface area contributed by atoms with Crippen LogP contribution >= 0.6 is 0 Å². The molecule has 0 heterocycles. The van der Waals surface area contributed by atoms with Gasteiger partial charge in [0.05, 0.1) is 36.1 Å². The van der Waals surface area contributed by atoms with E-state index in [9.17, 15) is 18.0 Å². The van der Waals surface area contributed by atoms with E-state index in [-0.39, 0.29) is 30.9 Å². The quantitative estimate of drug-likeness (QED) is 0.548. The van der Waals surface area contributed by atoms with Crippen LogP contribution in [-0.4, -0.2) is 40.6 Å².